The average molecular weight is 289 g/mol. The summed E-state index contributed by atoms with van der Waals surface area (Å²) in [6.07, 6.45) is -3.00. The van der Waals surface area contributed by atoms with Crippen molar-refractivity contribution in [2.75, 3.05) is 20.3 Å². The first kappa shape index (κ1) is 15.1. The van der Waals surface area contributed by atoms with Gasteiger partial charge in [0.25, 0.3) is 0 Å². The van der Waals surface area contributed by atoms with Gasteiger partial charge in [-0.3, -0.25) is 0 Å². The van der Waals surface area contributed by atoms with E-state index >= 15 is 0 Å². The zero-order chi connectivity index (χ0) is 14.6. The third kappa shape index (κ3) is 4.11. The van der Waals surface area contributed by atoms with Crippen LogP contribution in [0.15, 0.2) is 24.3 Å². The van der Waals surface area contributed by atoms with Crippen LogP contribution in [0.25, 0.3) is 0 Å². The normalized spacial score (nSPS) is 20.9. The van der Waals surface area contributed by atoms with Crippen molar-refractivity contribution in [2.24, 2.45) is 5.92 Å². The number of rotatable bonds is 5. The van der Waals surface area contributed by atoms with Crippen molar-refractivity contribution in [3.05, 3.63) is 29.8 Å². The quantitative estimate of drug-likeness (QED) is 0.902. The van der Waals surface area contributed by atoms with Gasteiger partial charge in [-0.1, -0.05) is 18.2 Å². The second kappa shape index (κ2) is 6.45. The molecular formula is C14H18F3NO2. The lowest BCUT2D eigenvalue weighted by Gasteiger charge is -2.22. The molecule has 1 aliphatic heterocycles. The molecule has 1 saturated heterocycles. The summed E-state index contributed by atoms with van der Waals surface area (Å²) < 4.78 is 46.7. The van der Waals surface area contributed by atoms with E-state index in [-0.39, 0.29) is 11.8 Å². The molecule has 6 heteroatoms. The number of benzene rings is 1. The van der Waals surface area contributed by atoms with Gasteiger partial charge >= 0.3 is 6.36 Å². The van der Waals surface area contributed by atoms with Gasteiger partial charge in [-0.15, -0.1) is 13.2 Å². The Morgan fingerprint density at radius 1 is 1.40 bits per heavy atom. The van der Waals surface area contributed by atoms with Gasteiger partial charge in [0.05, 0.1) is 0 Å². The molecule has 0 aliphatic carbocycles. The van der Waals surface area contributed by atoms with Crippen LogP contribution in [0.4, 0.5) is 13.2 Å². The molecule has 0 aromatic heterocycles. The summed E-state index contributed by atoms with van der Waals surface area (Å²) in [5.74, 6) is 0.227. The zero-order valence-corrected chi connectivity index (χ0v) is 11.2. The van der Waals surface area contributed by atoms with E-state index < -0.39 is 6.36 Å². The first-order valence-corrected chi connectivity index (χ1v) is 6.59. The van der Waals surface area contributed by atoms with E-state index in [0.717, 1.165) is 19.4 Å². The molecule has 0 saturated carbocycles. The van der Waals surface area contributed by atoms with Gasteiger partial charge in [-0.2, -0.15) is 0 Å². The van der Waals surface area contributed by atoms with Gasteiger partial charge in [-0.05, 0) is 31.9 Å². The number of para-hydroxylation sites is 1. The van der Waals surface area contributed by atoms with E-state index in [0.29, 0.717) is 18.1 Å². The SMILES string of the molecule is CNC(CC1CCOC1)c1ccccc1OC(F)(F)F. The van der Waals surface area contributed by atoms with E-state index in [1.165, 1.54) is 12.1 Å². The Bertz CT molecular complexity index is 431. The Morgan fingerprint density at radius 3 is 2.75 bits per heavy atom. The van der Waals surface area contributed by atoms with E-state index in [9.17, 15) is 13.2 Å². The predicted octanol–water partition coefficient (Wildman–Crippen LogP) is 3.27. The van der Waals surface area contributed by atoms with Gasteiger partial charge in [0.2, 0.25) is 0 Å². The summed E-state index contributed by atoms with van der Waals surface area (Å²) in [6.45, 7) is 1.39. The van der Waals surface area contributed by atoms with Crippen LogP contribution in [-0.4, -0.2) is 26.6 Å². The third-order valence-electron chi connectivity index (χ3n) is 3.46. The molecule has 0 spiro atoms. The minimum absolute atomic E-state index is 0.140. The minimum Gasteiger partial charge on any atom is -0.405 e. The third-order valence-corrected chi connectivity index (χ3v) is 3.46. The number of hydrogen-bond acceptors (Lipinski definition) is 3. The number of ether oxygens (including phenoxy) is 2. The molecule has 1 fully saturated rings. The highest BCUT2D eigenvalue weighted by Gasteiger charge is 2.33. The minimum atomic E-state index is -4.68. The molecule has 112 valence electrons. The molecule has 20 heavy (non-hydrogen) atoms. The van der Waals surface area contributed by atoms with Gasteiger partial charge in [0, 0.05) is 24.8 Å². The summed E-state index contributed by atoms with van der Waals surface area (Å²) >= 11 is 0. The van der Waals surface area contributed by atoms with E-state index in [2.05, 4.69) is 10.1 Å². The Balaban J connectivity index is 2.15. The van der Waals surface area contributed by atoms with Crippen molar-refractivity contribution in [3.8, 4) is 5.75 Å². The van der Waals surface area contributed by atoms with Gasteiger partial charge < -0.3 is 14.8 Å². The number of nitrogens with one attached hydrogen (secondary N) is 1. The molecule has 2 rings (SSSR count). The number of halogens is 3. The maximum Gasteiger partial charge on any atom is 0.573 e. The fourth-order valence-electron chi connectivity index (χ4n) is 2.49. The molecule has 3 nitrogen and oxygen atoms in total. The molecule has 1 aromatic carbocycles. The summed E-state index contributed by atoms with van der Waals surface area (Å²) in [6, 6.07) is 6.08. The Hall–Kier alpha value is -1.27. The standard InChI is InChI=1S/C14H18F3NO2/c1-18-12(8-10-6-7-19-9-10)11-4-2-3-5-13(11)20-14(15,16)17/h2-5,10,12,18H,6-9H2,1H3. The van der Waals surface area contributed by atoms with Gasteiger partial charge in [0.1, 0.15) is 5.75 Å². The van der Waals surface area contributed by atoms with Crippen LogP contribution < -0.4 is 10.1 Å². The predicted molar refractivity (Wildman–Crippen MR) is 68.5 cm³/mol. The van der Waals surface area contributed by atoms with E-state index in [1.54, 1.807) is 19.2 Å². The molecular weight excluding hydrogens is 271 g/mol. The summed E-state index contributed by atoms with van der Waals surface area (Å²) in [5, 5.41) is 3.07. The number of hydrogen-bond donors (Lipinski definition) is 1. The lowest BCUT2D eigenvalue weighted by Crippen LogP contribution is -2.23. The van der Waals surface area contributed by atoms with Gasteiger partial charge in [-0.25, -0.2) is 0 Å². The molecule has 1 N–H and O–H groups in total. The zero-order valence-electron chi connectivity index (χ0n) is 11.2. The molecule has 0 radical (unpaired) electrons. The highest BCUT2D eigenvalue weighted by Crippen LogP contribution is 2.34. The Morgan fingerprint density at radius 2 is 2.15 bits per heavy atom. The number of alkyl halides is 3. The van der Waals surface area contributed by atoms with Crippen molar-refractivity contribution < 1.29 is 22.6 Å². The first-order valence-electron chi connectivity index (χ1n) is 6.59. The van der Waals surface area contributed by atoms with Crippen LogP contribution in [0.1, 0.15) is 24.4 Å². The van der Waals surface area contributed by atoms with Crippen LogP contribution in [0.2, 0.25) is 0 Å². The highest BCUT2D eigenvalue weighted by atomic mass is 19.4. The second-order valence-corrected chi connectivity index (χ2v) is 4.89. The van der Waals surface area contributed by atoms with Crippen molar-refractivity contribution >= 4 is 0 Å². The topological polar surface area (TPSA) is 30.5 Å². The average Bonchev–Trinajstić information content (AvgIpc) is 2.88. The van der Waals surface area contributed by atoms with Crippen molar-refractivity contribution in [3.63, 3.8) is 0 Å². The summed E-state index contributed by atoms with van der Waals surface area (Å²) in [4.78, 5) is 0. The molecule has 1 heterocycles. The second-order valence-electron chi connectivity index (χ2n) is 4.89. The lowest BCUT2D eigenvalue weighted by atomic mass is 9.94. The van der Waals surface area contributed by atoms with Gasteiger partial charge in [0.15, 0.2) is 0 Å². The summed E-state index contributed by atoms with van der Waals surface area (Å²) in [7, 11) is 1.74. The smallest absolute Gasteiger partial charge is 0.405 e. The van der Waals surface area contributed by atoms with Crippen LogP contribution >= 0.6 is 0 Å². The lowest BCUT2D eigenvalue weighted by molar-refractivity contribution is -0.275. The molecule has 1 aliphatic rings. The largest absolute Gasteiger partial charge is 0.573 e. The summed E-state index contributed by atoms with van der Waals surface area (Å²) in [5.41, 5.74) is 0.527. The Labute approximate surface area is 116 Å². The van der Waals surface area contributed by atoms with Crippen molar-refractivity contribution in [1.29, 1.82) is 0 Å². The van der Waals surface area contributed by atoms with Crippen LogP contribution in [-0.2, 0) is 4.74 Å². The van der Waals surface area contributed by atoms with Crippen LogP contribution in [0, 0.1) is 5.92 Å². The fourth-order valence-corrected chi connectivity index (χ4v) is 2.49. The molecule has 1 aromatic rings. The van der Waals surface area contributed by atoms with Crippen molar-refractivity contribution in [2.45, 2.75) is 25.2 Å². The van der Waals surface area contributed by atoms with Crippen LogP contribution in [0.5, 0.6) is 5.75 Å². The molecule has 2 unspecified atom stereocenters. The first-order chi connectivity index (χ1) is 9.49. The van der Waals surface area contributed by atoms with Crippen LogP contribution in [0.3, 0.4) is 0 Å². The maximum atomic E-state index is 12.4. The molecule has 0 bridgehead atoms. The monoisotopic (exact) mass is 289 g/mol. The fraction of sp³-hybridized carbons (Fsp3) is 0.571. The van der Waals surface area contributed by atoms with Crippen molar-refractivity contribution in [1.82, 2.24) is 5.32 Å². The molecule has 0 amide bonds. The molecule has 2 atom stereocenters. The highest BCUT2D eigenvalue weighted by molar-refractivity contribution is 5.36. The maximum absolute atomic E-state index is 12.4. The van der Waals surface area contributed by atoms with E-state index in [1.807, 2.05) is 0 Å². The van der Waals surface area contributed by atoms with E-state index in [4.69, 9.17) is 4.74 Å². The Kier molecular flexibility index (Phi) is 4.88.